The molecular weight excluding hydrogens is 445 g/mol. The highest BCUT2D eigenvalue weighted by atomic mass is 32.2. The molecule has 3 N–H and O–H groups in total. The number of nitrogen functional groups attached to an aromatic ring is 1. The van der Waals surface area contributed by atoms with Gasteiger partial charge in [-0.3, -0.25) is 19.1 Å². The number of halogens is 3. The highest BCUT2D eigenvalue weighted by molar-refractivity contribution is 8.00. The largest absolute Gasteiger partial charge is 0.446 e. The molecule has 7 nitrogen and oxygen atoms in total. The SMILES string of the molecule is CCCCCN(C(=O)c1ccc(SC(F)(F)F)cc1)c1c(N)n(CCCC)c(=O)[nH]c1=O. The number of nitrogens with one attached hydrogen (secondary N) is 1. The molecule has 2 rings (SSSR count). The molecular formula is C21H27F3N4O3S. The molecule has 0 radical (unpaired) electrons. The van der Waals surface area contributed by atoms with Crippen molar-refractivity contribution in [1.29, 1.82) is 0 Å². The Kier molecular flexibility index (Phi) is 8.99. The molecule has 0 saturated carbocycles. The lowest BCUT2D eigenvalue weighted by molar-refractivity contribution is -0.0328. The van der Waals surface area contributed by atoms with Crippen molar-refractivity contribution < 1.29 is 18.0 Å². The van der Waals surface area contributed by atoms with Crippen LogP contribution in [-0.2, 0) is 6.54 Å². The summed E-state index contributed by atoms with van der Waals surface area (Å²) in [5.74, 6) is -0.691. The fraction of sp³-hybridized carbons (Fsp3) is 0.476. The van der Waals surface area contributed by atoms with Crippen LogP contribution in [0.15, 0.2) is 38.8 Å². The lowest BCUT2D eigenvalue weighted by Gasteiger charge is -2.25. The maximum Gasteiger partial charge on any atom is 0.446 e. The Morgan fingerprint density at radius 3 is 2.28 bits per heavy atom. The summed E-state index contributed by atoms with van der Waals surface area (Å²) < 4.78 is 39.0. The van der Waals surface area contributed by atoms with Crippen molar-refractivity contribution in [2.45, 2.75) is 62.9 Å². The molecule has 0 unspecified atom stereocenters. The van der Waals surface area contributed by atoms with E-state index in [9.17, 15) is 27.6 Å². The highest BCUT2D eigenvalue weighted by Gasteiger charge is 2.30. The molecule has 0 saturated heterocycles. The highest BCUT2D eigenvalue weighted by Crippen LogP contribution is 2.36. The van der Waals surface area contributed by atoms with Gasteiger partial charge < -0.3 is 10.6 Å². The second kappa shape index (κ2) is 11.3. The van der Waals surface area contributed by atoms with Crippen LogP contribution in [0.4, 0.5) is 24.7 Å². The summed E-state index contributed by atoms with van der Waals surface area (Å²) in [6.07, 6.45) is 3.68. The summed E-state index contributed by atoms with van der Waals surface area (Å²) in [7, 11) is 0. The minimum Gasteiger partial charge on any atom is -0.383 e. The fourth-order valence-corrected chi connectivity index (χ4v) is 3.71. The molecule has 32 heavy (non-hydrogen) atoms. The Balaban J connectivity index is 2.47. The van der Waals surface area contributed by atoms with Crippen molar-refractivity contribution in [3.8, 4) is 0 Å². The molecule has 11 heteroatoms. The maximum atomic E-state index is 13.3. The van der Waals surface area contributed by atoms with Gasteiger partial charge in [-0.05, 0) is 48.9 Å². The predicted molar refractivity (Wildman–Crippen MR) is 120 cm³/mol. The molecule has 0 atom stereocenters. The monoisotopic (exact) mass is 472 g/mol. The number of thioether (sulfide) groups is 1. The molecule has 0 spiro atoms. The summed E-state index contributed by atoms with van der Waals surface area (Å²) in [6.45, 7) is 4.38. The molecule has 0 aliphatic rings. The van der Waals surface area contributed by atoms with E-state index in [2.05, 4.69) is 4.98 Å². The minimum atomic E-state index is -4.44. The summed E-state index contributed by atoms with van der Waals surface area (Å²) in [5.41, 5.74) is 0.266. The van der Waals surface area contributed by atoms with E-state index in [0.717, 1.165) is 19.3 Å². The zero-order valence-electron chi connectivity index (χ0n) is 18.0. The Morgan fingerprint density at radius 2 is 1.72 bits per heavy atom. The Morgan fingerprint density at radius 1 is 1.09 bits per heavy atom. The number of benzene rings is 1. The first-order valence-corrected chi connectivity index (χ1v) is 11.2. The zero-order chi connectivity index (χ0) is 23.9. The third kappa shape index (κ3) is 6.65. The lowest BCUT2D eigenvalue weighted by atomic mass is 10.1. The number of hydrogen-bond donors (Lipinski definition) is 2. The van der Waals surface area contributed by atoms with Gasteiger partial charge in [-0.1, -0.05) is 33.1 Å². The lowest BCUT2D eigenvalue weighted by Crippen LogP contribution is -2.41. The standard InChI is InChI=1S/C21H27F3N4O3S/c1-3-5-7-13-27(16-17(25)28(12-6-4-2)20(31)26-18(16)29)19(30)14-8-10-15(11-9-14)32-21(22,23)24/h8-11H,3-7,12-13,25H2,1-2H3,(H,26,29,31). The van der Waals surface area contributed by atoms with Crippen LogP contribution < -0.4 is 21.9 Å². The van der Waals surface area contributed by atoms with Gasteiger partial charge in [0.15, 0.2) is 5.69 Å². The van der Waals surface area contributed by atoms with Gasteiger partial charge in [0.2, 0.25) is 0 Å². The predicted octanol–water partition coefficient (Wildman–Crippen LogP) is 4.37. The summed E-state index contributed by atoms with van der Waals surface area (Å²) in [5, 5.41) is 0. The van der Waals surface area contributed by atoms with Crippen molar-refractivity contribution >= 4 is 29.2 Å². The first kappa shape index (κ1) is 25.6. The number of alkyl halides is 3. The van der Waals surface area contributed by atoms with Crippen LogP contribution in [0.5, 0.6) is 0 Å². The van der Waals surface area contributed by atoms with Gasteiger partial charge in [0.05, 0.1) is 0 Å². The van der Waals surface area contributed by atoms with Crippen molar-refractivity contribution in [2.75, 3.05) is 17.2 Å². The fourth-order valence-electron chi connectivity index (χ4n) is 3.17. The van der Waals surface area contributed by atoms with E-state index in [1.165, 1.54) is 33.7 Å². The van der Waals surface area contributed by atoms with Gasteiger partial charge in [0.1, 0.15) is 5.82 Å². The quantitative estimate of drug-likeness (QED) is 0.395. The van der Waals surface area contributed by atoms with Crippen LogP contribution in [0.2, 0.25) is 0 Å². The van der Waals surface area contributed by atoms with Gasteiger partial charge in [0.25, 0.3) is 11.5 Å². The third-order valence-electron chi connectivity index (χ3n) is 4.78. The number of aromatic nitrogens is 2. The van der Waals surface area contributed by atoms with Crippen LogP contribution in [-0.4, -0.2) is 27.5 Å². The zero-order valence-corrected chi connectivity index (χ0v) is 18.8. The third-order valence-corrected chi connectivity index (χ3v) is 5.52. The number of rotatable bonds is 10. The van der Waals surface area contributed by atoms with Crippen LogP contribution in [0.3, 0.4) is 0 Å². The Labute approximate surface area is 187 Å². The number of carbonyl (C=O) groups excluding carboxylic acids is 1. The molecule has 1 aromatic heterocycles. The molecule has 0 aliphatic carbocycles. The molecule has 0 bridgehead atoms. The molecule has 2 aromatic rings. The smallest absolute Gasteiger partial charge is 0.383 e. The number of aromatic amines is 1. The van der Waals surface area contributed by atoms with E-state index < -0.39 is 22.7 Å². The number of nitrogens with zero attached hydrogens (tertiary/aromatic N) is 2. The average molecular weight is 473 g/mol. The Hall–Kier alpha value is -2.69. The van der Waals surface area contributed by atoms with Gasteiger partial charge in [-0.2, -0.15) is 13.2 Å². The normalized spacial score (nSPS) is 11.5. The number of carbonyl (C=O) groups is 1. The van der Waals surface area contributed by atoms with E-state index in [-0.39, 0.29) is 46.8 Å². The molecule has 0 aliphatic heterocycles. The average Bonchev–Trinajstić information content (AvgIpc) is 2.71. The number of amides is 1. The van der Waals surface area contributed by atoms with E-state index in [1.54, 1.807) is 0 Å². The second-order valence-corrected chi connectivity index (χ2v) is 8.37. The molecule has 1 heterocycles. The van der Waals surface area contributed by atoms with E-state index in [0.29, 0.717) is 12.8 Å². The van der Waals surface area contributed by atoms with Crippen LogP contribution in [0, 0.1) is 0 Å². The van der Waals surface area contributed by atoms with E-state index in [1.807, 2.05) is 13.8 Å². The van der Waals surface area contributed by atoms with Crippen molar-refractivity contribution in [3.05, 3.63) is 50.7 Å². The first-order valence-electron chi connectivity index (χ1n) is 10.4. The maximum absolute atomic E-state index is 13.3. The molecule has 1 aromatic carbocycles. The van der Waals surface area contributed by atoms with Gasteiger partial charge in [0, 0.05) is 23.5 Å². The minimum absolute atomic E-state index is 0.0583. The molecule has 0 fully saturated rings. The number of unbranched alkanes of at least 4 members (excludes halogenated alkanes) is 3. The number of anilines is 2. The summed E-state index contributed by atoms with van der Waals surface area (Å²) in [4.78, 5) is 41.5. The first-order chi connectivity index (χ1) is 15.1. The van der Waals surface area contributed by atoms with Gasteiger partial charge in [-0.25, -0.2) is 4.79 Å². The Bertz CT molecular complexity index is 1030. The second-order valence-electron chi connectivity index (χ2n) is 7.23. The van der Waals surface area contributed by atoms with Crippen molar-refractivity contribution in [1.82, 2.24) is 9.55 Å². The number of hydrogen-bond acceptors (Lipinski definition) is 5. The summed E-state index contributed by atoms with van der Waals surface area (Å²) >= 11 is -0.279. The van der Waals surface area contributed by atoms with Gasteiger partial charge in [-0.15, -0.1) is 0 Å². The molecule has 176 valence electrons. The van der Waals surface area contributed by atoms with Gasteiger partial charge >= 0.3 is 11.2 Å². The summed E-state index contributed by atoms with van der Waals surface area (Å²) in [6, 6.07) is 4.96. The topological polar surface area (TPSA) is 101 Å². The van der Waals surface area contributed by atoms with Crippen molar-refractivity contribution in [2.24, 2.45) is 0 Å². The van der Waals surface area contributed by atoms with E-state index in [4.69, 9.17) is 5.73 Å². The van der Waals surface area contributed by atoms with Crippen molar-refractivity contribution in [3.63, 3.8) is 0 Å². The van der Waals surface area contributed by atoms with Crippen LogP contribution >= 0.6 is 11.8 Å². The van der Waals surface area contributed by atoms with E-state index >= 15 is 0 Å². The van der Waals surface area contributed by atoms with Crippen LogP contribution in [0.25, 0.3) is 0 Å². The number of H-pyrrole nitrogens is 1. The van der Waals surface area contributed by atoms with Crippen LogP contribution in [0.1, 0.15) is 56.3 Å². The number of nitrogens with two attached hydrogens (primary N) is 1. The molecule has 1 amide bonds.